The Balaban J connectivity index is 1.90. The van der Waals surface area contributed by atoms with Crippen molar-refractivity contribution in [3.05, 3.63) is 40.2 Å². The Morgan fingerprint density at radius 1 is 1.14 bits per heavy atom. The molecule has 0 radical (unpaired) electrons. The Kier molecular flexibility index (Phi) is 7.82. The molecule has 0 aliphatic heterocycles. The Morgan fingerprint density at radius 2 is 1.90 bits per heavy atom. The van der Waals surface area contributed by atoms with Crippen molar-refractivity contribution in [2.45, 2.75) is 65.4 Å². The largest absolute Gasteiger partial charge is 0.444 e. The number of hydrogen-bond donors (Lipinski definition) is 1. The molecule has 0 unspecified atom stereocenters. The van der Waals surface area contributed by atoms with Crippen LogP contribution in [0.5, 0.6) is 5.75 Å². The van der Waals surface area contributed by atoms with Crippen molar-refractivity contribution < 1.29 is 23.5 Å². The third kappa shape index (κ3) is 7.60. The zero-order valence-electron chi connectivity index (χ0n) is 17.5. The van der Waals surface area contributed by atoms with Crippen molar-refractivity contribution in [1.82, 2.24) is 5.32 Å². The number of ether oxygens (including phenoxy) is 2. The van der Waals surface area contributed by atoms with Crippen LogP contribution in [0, 0.1) is 0 Å². The fourth-order valence-electron chi connectivity index (χ4n) is 2.77. The first kappa shape index (κ1) is 22.5. The molecule has 1 N–H and O–H groups in total. The number of aryl methyl sites for hydroxylation is 1. The van der Waals surface area contributed by atoms with Crippen LogP contribution in [-0.4, -0.2) is 24.2 Å². The second-order valence-electron chi connectivity index (χ2n) is 7.86. The van der Waals surface area contributed by atoms with E-state index in [0.717, 1.165) is 30.2 Å². The number of esters is 1. The van der Waals surface area contributed by atoms with Gasteiger partial charge in [0, 0.05) is 30.5 Å². The van der Waals surface area contributed by atoms with E-state index in [-0.39, 0.29) is 6.42 Å². The second kappa shape index (κ2) is 10.1. The number of unbranched alkanes of at least 4 members (excludes halogenated alkanes) is 1. The van der Waals surface area contributed by atoms with Gasteiger partial charge in [-0.2, -0.15) is 0 Å². The highest BCUT2D eigenvalue weighted by Gasteiger charge is 2.16. The molecule has 0 saturated carbocycles. The van der Waals surface area contributed by atoms with Crippen molar-refractivity contribution in [3.63, 3.8) is 0 Å². The lowest BCUT2D eigenvalue weighted by atomic mass is 10.0. The average Bonchev–Trinajstić information content (AvgIpc) is 2.61. The van der Waals surface area contributed by atoms with E-state index in [4.69, 9.17) is 13.9 Å². The molecular formula is C22H29NO6. The normalized spacial score (nSPS) is 11.3. The fraction of sp³-hybridized carbons (Fsp3) is 0.500. The van der Waals surface area contributed by atoms with Gasteiger partial charge in [0.05, 0.1) is 0 Å². The number of nitrogens with one attached hydrogen (secondary N) is 1. The van der Waals surface area contributed by atoms with E-state index >= 15 is 0 Å². The summed E-state index contributed by atoms with van der Waals surface area (Å²) >= 11 is 0. The highest BCUT2D eigenvalue weighted by atomic mass is 16.6. The molecule has 0 atom stereocenters. The monoisotopic (exact) mass is 403 g/mol. The molecule has 0 fully saturated rings. The molecule has 1 aromatic heterocycles. The molecule has 0 saturated heterocycles. The van der Waals surface area contributed by atoms with Crippen molar-refractivity contribution >= 4 is 23.0 Å². The predicted octanol–water partition coefficient (Wildman–Crippen LogP) is 4.35. The first-order valence-corrected chi connectivity index (χ1v) is 9.92. The SMILES string of the molecule is CCCCc1cc(=O)oc2cc(OC(=O)CCCNC(=O)OC(C)(C)C)ccc12. The molecule has 29 heavy (non-hydrogen) atoms. The first-order chi connectivity index (χ1) is 13.7. The van der Waals surface area contributed by atoms with Gasteiger partial charge in [0.2, 0.25) is 0 Å². The number of alkyl carbamates (subject to hydrolysis) is 1. The summed E-state index contributed by atoms with van der Waals surface area (Å²) in [6, 6.07) is 6.56. The smallest absolute Gasteiger partial charge is 0.407 e. The molecule has 7 heteroatoms. The molecule has 1 heterocycles. The maximum absolute atomic E-state index is 12.0. The average molecular weight is 403 g/mol. The van der Waals surface area contributed by atoms with Gasteiger partial charge in [-0.3, -0.25) is 4.79 Å². The van der Waals surface area contributed by atoms with Crippen LogP contribution in [0.2, 0.25) is 0 Å². The third-order valence-corrected chi connectivity index (χ3v) is 4.06. The standard InChI is InChI=1S/C22H29NO6/c1-5-6-8-15-13-20(25)28-18-14-16(10-11-17(15)18)27-19(24)9-7-12-23-21(26)29-22(2,3)4/h10-11,13-14H,5-9,12H2,1-4H3,(H,23,26). The summed E-state index contributed by atoms with van der Waals surface area (Å²) in [6.07, 6.45) is 2.83. The maximum atomic E-state index is 12.0. The summed E-state index contributed by atoms with van der Waals surface area (Å²) in [5.41, 5.74) is 0.356. The van der Waals surface area contributed by atoms with Gasteiger partial charge in [0.15, 0.2) is 0 Å². The molecule has 1 aromatic carbocycles. The minimum atomic E-state index is -0.565. The van der Waals surface area contributed by atoms with Gasteiger partial charge < -0.3 is 19.2 Å². The minimum absolute atomic E-state index is 0.133. The molecule has 0 spiro atoms. The lowest BCUT2D eigenvalue weighted by Crippen LogP contribution is -2.33. The van der Waals surface area contributed by atoms with E-state index in [1.54, 1.807) is 39.0 Å². The Morgan fingerprint density at radius 3 is 2.59 bits per heavy atom. The van der Waals surface area contributed by atoms with Gasteiger partial charge in [0.25, 0.3) is 0 Å². The van der Waals surface area contributed by atoms with Gasteiger partial charge in [-0.15, -0.1) is 0 Å². The lowest BCUT2D eigenvalue weighted by molar-refractivity contribution is -0.134. The maximum Gasteiger partial charge on any atom is 0.407 e. The van der Waals surface area contributed by atoms with Crippen LogP contribution in [0.4, 0.5) is 4.79 Å². The predicted molar refractivity (Wildman–Crippen MR) is 110 cm³/mol. The van der Waals surface area contributed by atoms with Crippen LogP contribution in [0.25, 0.3) is 11.0 Å². The van der Waals surface area contributed by atoms with E-state index in [2.05, 4.69) is 12.2 Å². The summed E-state index contributed by atoms with van der Waals surface area (Å²) < 4.78 is 15.7. The lowest BCUT2D eigenvalue weighted by Gasteiger charge is -2.19. The minimum Gasteiger partial charge on any atom is -0.444 e. The zero-order valence-corrected chi connectivity index (χ0v) is 17.5. The number of carbonyl (C=O) groups is 2. The van der Waals surface area contributed by atoms with Crippen LogP contribution in [0.3, 0.4) is 0 Å². The molecule has 1 amide bonds. The summed E-state index contributed by atoms with van der Waals surface area (Å²) in [5, 5.41) is 3.44. The van der Waals surface area contributed by atoms with Crippen molar-refractivity contribution in [1.29, 1.82) is 0 Å². The van der Waals surface area contributed by atoms with E-state index in [1.165, 1.54) is 6.07 Å². The first-order valence-electron chi connectivity index (χ1n) is 9.92. The van der Waals surface area contributed by atoms with Gasteiger partial charge in [-0.05, 0) is 57.7 Å². The number of amides is 1. The summed E-state index contributed by atoms with van der Waals surface area (Å²) in [7, 11) is 0. The molecule has 7 nitrogen and oxygen atoms in total. The topological polar surface area (TPSA) is 94.8 Å². The van der Waals surface area contributed by atoms with Crippen molar-refractivity contribution in [2.75, 3.05) is 6.54 Å². The number of hydrogen-bond acceptors (Lipinski definition) is 6. The third-order valence-electron chi connectivity index (χ3n) is 4.06. The van der Waals surface area contributed by atoms with Crippen molar-refractivity contribution in [2.24, 2.45) is 0 Å². The highest BCUT2D eigenvalue weighted by molar-refractivity contribution is 5.82. The van der Waals surface area contributed by atoms with Crippen LogP contribution in [-0.2, 0) is 16.0 Å². The van der Waals surface area contributed by atoms with Crippen LogP contribution >= 0.6 is 0 Å². The number of benzene rings is 1. The molecular weight excluding hydrogens is 374 g/mol. The van der Waals surface area contributed by atoms with Gasteiger partial charge in [0.1, 0.15) is 16.9 Å². The highest BCUT2D eigenvalue weighted by Crippen LogP contribution is 2.24. The van der Waals surface area contributed by atoms with Gasteiger partial charge in [-0.1, -0.05) is 13.3 Å². The fourth-order valence-corrected chi connectivity index (χ4v) is 2.77. The van der Waals surface area contributed by atoms with Gasteiger partial charge in [-0.25, -0.2) is 9.59 Å². The van der Waals surface area contributed by atoms with Crippen LogP contribution in [0.15, 0.2) is 33.5 Å². The van der Waals surface area contributed by atoms with E-state index in [0.29, 0.717) is 24.3 Å². The summed E-state index contributed by atoms with van der Waals surface area (Å²) in [5.74, 6) is -0.113. The van der Waals surface area contributed by atoms with Crippen molar-refractivity contribution in [3.8, 4) is 5.75 Å². The van der Waals surface area contributed by atoms with E-state index < -0.39 is 23.3 Å². The molecule has 2 aromatic rings. The quantitative estimate of drug-likeness (QED) is 0.305. The molecule has 158 valence electrons. The van der Waals surface area contributed by atoms with E-state index in [9.17, 15) is 14.4 Å². The molecule has 2 rings (SSSR count). The van der Waals surface area contributed by atoms with Crippen LogP contribution < -0.4 is 15.7 Å². The Bertz CT molecular complexity index is 910. The Labute approximate surface area is 170 Å². The Hall–Kier alpha value is -2.83. The second-order valence-corrected chi connectivity index (χ2v) is 7.86. The molecule has 0 aliphatic rings. The van der Waals surface area contributed by atoms with Crippen LogP contribution in [0.1, 0.15) is 58.9 Å². The zero-order chi connectivity index (χ0) is 21.4. The number of carbonyl (C=O) groups excluding carboxylic acids is 2. The summed E-state index contributed by atoms with van der Waals surface area (Å²) in [6.45, 7) is 7.73. The summed E-state index contributed by atoms with van der Waals surface area (Å²) in [4.78, 5) is 35.4. The molecule has 0 bridgehead atoms. The van der Waals surface area contributed by atoms with E-state index in [1.807, 2.05) is 0 Å². The van der Waals surface area contributed by atoms with Gasteiger partial charge >= 0.3 is 17.7 Å². The number of rotatable bonds is 8. The number of fused-ring (bicyclic) bond motifs is 1. The molecule has 0 aliphatic carbocycles.